The van der Waals surface area contributed by atoms with Crippen molar-refractivity contribution in [2.45, 2.75) is 33.0 Å². The zero-order chi connectivity index (χ0) is 12.1. The largest absolute Gasteiger partial charge is 0.435 e. The predicted octanol–water partition coefficient (Wildman–Crippen LogP) is 3.37. The molecule has 0 aromatic heterocycles. The van der Waals surface area contributed by atoms with Crippen LogP contribution in [-0.2, 0) is 0 Å². The molecule has 0 saturated heterocycles. The molecule has 1 atom stereocenters. The molecular weight excluding hydrogens is 214 g/mol. The fourth-order valence-corrected chi connectivity index (χ4v) is 1.45. The Balaban J connectivity index is 2.63. The highest BCUT2D eigenvalue weighted by molar-refractivity contribution is 5.28. The first kappa shape index (κ1) is 12.9. The fraction of sp³-hybridized carbons (Fsp3) is 0.500. The second-order valence-corrected chi connectivity index (χ2v) is 4.09. The SMILES string of the molecule is CC(C)CC(O)c1ccc(OC(F)F)cc1. The van der Waals surface area contributed by atoms with E-state index in [0.29, 0.717) is 12.3 Å². The molecule has 0 amide bonds. The smallest absolute Gasteiger partial charge is 0.387 e. The molecule has 0 saturated carbocycles. The van der Waals surface area contributed by atoms with E-state index < -0.39 is 12.7 Å². The van der Waals surface area contributed by atoms with E-state index >= 15 is 0 Å². The van der Waals surface area contributed by atoms with Crippen LogP contribution in [0.3, 0.4) is 0 Å². The van der Waals surface area contributed by atoms with Crippen LogP contribution in [0.1, 0.15) is 31.9 Å². The Morgan fingerprint density at radius 1 is 1.19 bits per heavy atom. The summed E-state index contributed by atoms with van der Waals surface area (Å²) < 4.78 is 28.0. The van der Waals surface area contributed by atoms with E-state index in [4.69, 9.17) is 0 Å². The van der Waals surface area contributed by atoms with E-state index in [2.05, 4.69) is 4.74 Å². The summed E-state index contributed by atoms with van der Waals surface area (Å²) in [6.07, 6.45) is 0.0929. The molecule has 2 nitrogen and oxygen atoms in total. The lowest BCUT2D eigenvalue weighted by Gasteiger charge is -2.13. The van der Waals surface area contributed by atoms with Gasteiger partial charge in [-0.3, -0.25) is 0 Å². The maximum atomic E-state index is 11.9. The number of ether oxygens (including phenoxy) is 1. The molecule has 1 unspecified atom stereocenters. The highest BCUT2D eigenvalue weighted by Gasteiger charge is 2.10. The van der Waals surface area contributed by atoms with Crippen LogP contribution in [0.2, 0.25) is 0 Å². The van der Waals surface area contributed by atoms with Gasteiger partial charge in [-0.15, -0.1) is 0 Å². The lowest BCUT2D eigenvalue weighted by molar-refractivity contribution is -0.0498. The van der Waals surface area contributed by atoms with Crippen LogP contribution in [0.5, 0.6) is 5.75 Å². The molecule has 90 valence electrons. The van der Waals surface area contributed by atoms with Crippen LogP contribution in [0.25, 0.3) is 0 Å². The number of hydrogen-bond acceptors (Lipinski definition) is 2. The van der Waals surface area contributed by atoms with Crippen LogP contribution >= 0.6 is 0 Å². The van der Waals surface area contributed by atoms with Gasteiger partial charge in [-0.1, -0.05) is 26.0 Å². The molecular formula is C12H16F2O2. The van der Waals surface area contributed by atoms with Crippen molar-refractivity contribution in [1.29, 1.82) is 0 Å². The Morgan fingerprint density at radius 2 is 1.75 bits per heavy atom. The van der Waals surface area contributed by atoms with Crippen LogP contribution < -0.4 is 4.74 Å². The van der Waals surface area contributed by atoms with Crippen molar-refractivity contribution in [3.05, 3.63) is 29.8 Å². The molecule has 0 spiro atoms. The Bertz CT molecular complexity index is 309. The van der Waals surface area contributed by atoms with Gasteiger partial charge in [-0.2, -0.15) is 8.78 Å². The molecule has 1 aromatic rings. The Morgan fingerprint density at radius 3 is 2.19 bits per heavy atom. The van der Waals surface area contributed by atoms with Crippen molar-refractivity contribution in [3.8, 4) is 5.75 Å². The molecule has 0 heterocycles. The summed E-state index contributed by atoms with van der Waals surface area (Å²) in [5.41, 5.74) is 0.718. The summed E-state index contributed by atoms with van der Waals surface area (Å²) in [5, 5.41) is 9.77. The van der Waals surface area contributed by atoms with Crippen molar-refractivity contribution < 1.29 is 18.6 Å². The van der Waals surface area contributed by atoms with Crippen molar-refractivity contribution in [3.63, 3.8) is 0 Å². The number of hydrogen-bond donors (Lipinski definition) is 1. The molecule has 0 aliphatic rings. The minimum absolute atomic E-state index is 0.107. The summed E-state index contributed by atoms with van der Waals surface area (Å²) in [7, 11) is 0. The van der Waals surface area contributed by atoms with E-state index in [1.165, 1.54) is 12.1 Å². The molecule has 0 aliphatic carbocycles. The van der Waals surface area contributed by atoms with E-state index in [0.717, 1.165) is 5.56 Å². The second kappa shape index (κ2) is 5.80. The van der Waals surface area contributed by atoms with Crippen molar-refractivity contribution in [2.24, 2.45) is 5.92 Å². The number of aliphatic hydroxyl groups is 1. The first-order chi connectivity index (χ1) is 7.49. The topological polar surface area (TPSA) is 29.5 Å². The third kappa shape index (κ3) is 4.14. The van der Waals surface area contributed by atoms with E-state index in [1.54, 1.807) is 12.1 Å². The zero-order valence-electron chi connectivity index (χ0n) is 9.36. The first-order valence-corrected chi connectivity index (χ1v) is 5.22. The molecule has 1 rings (SSSR count). The third-order valence-electron chi connectivity index (χ3n) is 2.18. The van der Waals surface area contributed by atoms with Gasteiger partial charge in [0.05, 0.1) is 6.10 Å². The molecule has 0 radical (unpaired) electrons. The minimum atomic E-state index is -2.81. The van der Waals surface area contributed by atoms with Crippen LogP contribution in [-0.4, -0.2) is 11.7 Å². The molecule has 1 N–H and O–H groups in total. The average Bonchev–Trinajstić information content (AvgIpc) is 2.16. The highest BCUT2D eigenvalue weighted by atomic mass is 19.3. The minimum Gasteiger partial charge on any atom is -0.435 e. The van der Waals surface area contributed by atoms with Crippen molar-refractivity contribution in [1.82, 2.24) is 0 Å². The normalized spacial score (nSPS) is 13.2. The Labute approximate surface area is 93.9 Å². The quantitative estimate of drug-likeness (QED) is 0.840. The summed E-state index contributed by atoms with van der Waals surface area (Å²) >= 11 is 0. The monoisotopic (exact) mass is 230 g/mol. The van der Waals surface area contributed by atoms with Crippen molar-refractivity contribution >= 4 is 0 Å². The average molecular weight is 230 g/mol. The first-order valence-electron chi connectivity index (χ1n) is 5.22. The van der Waals surface area contributed by atoms with Gasteiger partial charge < -0.3 is 9.84 Å². The van der Waals surface area contributed by atoms with Crippen LogP contribution in [0, 0.1) is 5.92 Å². The van der Waals surface area contributed by atoms with Gasteiger partial charge in [0.15, 0.2) is 0 Å². The maximum Gasteiger partial charge on any atom is 0.387 e. The van der Waals surface area contributed by atoms with Crippen LogP contribution in [0.4, 0.5) is 8.78 Å². The molecule has 1 aromatic carbocycles. The lowest BCUT2D eigenvalue weighted by atomic mass is 10.00. The molecule has 0 aliphatic heterocycles. The number of rotatable bonds is 5. The van der Waals surface area contributed by atoms with Gasteiger partial charge in [0, 0.05) is 0 Å². The van der Waals surface area contributed by atoms with E-state index in [9.17, 15) is 13.9 Å². The predicted molar refractivity (Wildman–Crippen MR) is 57.5 cm³/mol. The maximum absolute atomic E-state index is 11.9. The Kier molecular flexibility index (Phi) is 4.68. The lowest BCUT2D eigenvalue weighted by Crippen LogP contribution is -2.04. The number of benzene rings is 1. The standard InChI is InChI=1S/C12H16F2O2/c1-8(2)7-11(15)9-3-5-10(6-4-9)16-12(13)14/h3-6,8,11-12,15H,7H2,1-2H3. The van der Waals surface area contributed by atoms with Crippen LogP contribution in [0.15, 0.2) is 24.3 Å². The van der Waals surface area contributed by atoms with Crippen molar-refractivity contribution in [2.75, 3.05) is 0 Å². The Hall–Kier alpha value is -1.16. The van der Waals surface area contributed by atoms with Gasteiger partial charge >= 0.3 is 6.61 Å². The third-order valence-corrected chi connectivity index (χ3v) is 2.18. The molecule has 0 fully saturated rings. The zero-order valence-corrected chi connectivity index (χ0v) is 9.36. The van der Waals surface area contributed by atoms with E-state index in [-0.39, 0.29) is 5.75 Å². The van der Waals surface area contributed by atoms with E-state index in [1.807, 2.05) is 13.8 Å². The van der Waals surface area contributed by atoms with Gasteiger partial charge in [-0.25, -0.2) is 0 Å². The number of aliphatic hydroxyl groups excluding tert-OH is 1. The van der Waals surface area contributed by atoms with Gasteiger partial charge in [0.1, 0.15) is 5.75 Å². The summed E-state index contributed by atoms with van der Waals surface area (Å²) in [5.74, 6) is 0.488. The van der Waals surface area contributed by atoms with Gasteiger partial charge in [0.2, 0.25) is 0 Å². The molecule has 4 heteroatoms. The summed E-state index contributed by atoms with van der Waals surface area (Å²) in [6.45, 7) is 1.21. The number of halogens is 2. The van der Waals surface area contributed by atoms with Gasteiger partial charge in [0.25, 0.3) is 0 Å². The fourth-order valence-electron chi connectivity index (χ4n) is 1.45. The second-order valence-electron chi connectivity index (χ2n) is 4.09. The highest BCUT2D eigenvalue weighted by Crippen LogP contribution is 2.23. The molecule has 0 bridgehead atoms. The summed E-state index contributed by atoms with van der Waals surface area (Å²) in [4.78, 5) is 0. The number of alkyl halides is 2. The van der Waals surface area contributed by atoms with Gasteiger partial charge in [-0.05, 0) is 30.0 Å². The molecule has 16 heavy (non-hydrogen) atoms. The summed E-state index contributed by atoms with van der Waals surface area (Å²) in [6, 6.07) is 6.08.